The second-order valence-electron chi connectivity index (χ2n) is 5.41. The molecule has 3 rings (SSSR count). The van der Waals surface area contributed by atoms with Crippen molar-refractivity contribution in [2.45, 2.75) is 11.4 Å². The third-order valence-electron chi connectivity index (χ3n) is 3.75. The van der Waals surface area contributed by atoms with Crippen molar-refractivity contribution in [2.75, 3.05) is 13.4 Å². The summed E-state index contributed by atoms with van der Waals surface area (Å²) in [5.74, 6) is -0.763. The number of urea groups is 1. The number of esters is 1. The van der Waals surface area contributed by atoms with E-state index in [0.717, 1.165) is 15.4 Å². The van der Waals surface area contributed by atoms with Crippen LogP contribution in [0.5, 0.6) is 0 Å². The minimum absolute atomic E-state index is 0.0132. The van der Waals surface area contributed by atoms with Gasteiger partial charge in [0.1, 0.15) is 11.5 Å². The number of furan rings is 1. The monoisotopic (exact) mass is 372 g/mol. The third-order valence-corrected chi connectivity index (χ3v) is 4.49. The van der Waals surface area contributed by atoms with Crippen molar-refractivity contribution < 1.29 is 23.5 Å². The highest BCUT2D eigenvalue weighted by molar-refractivity contribution is 7.98. The molecule has 0 spiro atoms. The number of hydrogen-bond donors (Lipinski definition) is 1. The highest BCUT2D eigenvalue weighted by Crippen LogP contribution is 2.20. The van der Waals surface area contributed by atoms with Gasteiger partial charge >= 0.3 is 12.0 Å². The number of ether oxygens (including phenoxy) is 1. The fourth-order valence-corrected chi connectivity index (χ4v) is 2.82. The Morgan fingerprint density at radius 3 is 2.62 bits per heavy atom. The van der Waals surface area contributed by atoms with E-state index in [1.165, 1.54) is 19.2 Å². The van der Waals surface area contributed by atoms with Crippen LogP contribution in [0, 0.1) is 0 Å². The molecular weight excluding hydrogens is 356 g/mol. The number of nitrogens with zero attached hydrogens (tertiary/aromatic N) is 1. The number of methoxy groups -OCH3 is 1. The summed E-state index contributed by atoms with van der Waals surface area (Å²) in [6, 6.07) is 10.0. The van der Waals surface area contributed by atoms with Gasteiger partial charge in [-0.25, -0.2) is 9.59 Å². The van der Waals surface area contributed by atoms with Gasteiger partial charge in [0.05, 0.1) is 13.7 Å². The number of rotatable bonds is 5. The Morgan fingerprint density at radius 2 is 1.96 bits per heavy atom. The molecule has 134 valence electrons. The van der Waals surface area contributed by atoms with Gasteiger partial charge in [-0.15, -0.1) is 11.8 Å². The Balaban J connectivity index is 1.75. The summed E-state index contributed by atoms with van der Waals surface area (Å²) in [4.78, 5) is 38.1. The van der Waals surface area contributed by atoms with Gasteiger partial charge in [0.15, 0.2) is 0 Å². The molecule has 2 aromatic rings. The topological polar surface area (TPSA) is 88.9 Å². The van der Waals surface area contributed by atoms with Crippen LogP contribution in [0.4, 0.5) is 4.79 Å². The maximum absolute atomic E-state index is 12.5. The number of hydrogen-bond acceptors (Lipinski definition) is 6. The molecule has 2 heterocycles. The number of thioether (sulfide) groups is 1. The Bertz CT molecular complexity index is 885. The molecule has 0 radical (unpaired) electrons. The zero-order chi connectivity index (χ0) is 18.7. The lowest BCUT2D eigenvalue weighted by Crippen LogP contribution is -2.30. The summed E-state index contributed by atoms with van der Waals surface area (Å²) in [6.45, 7) is -0.0790. The zero-order valence-electron chi connectivity index (χ0n) is 14.1. The van der Waals surface area contributed by atoms with Crippen LogP contribution in [0.2, 0.25) is 0 Å². The van der Waals surface area contributed by atoms with Crippen LogP contribution >= 0.6 is 11.8 Å². The van der Waals surface area contributed by atoms with E-state index in [9.17, 15) is 14.4 Å². The lowest BCUT2D eigenvalue weighted by molar-refractivity contribution is -0.123. The average Bonchev–Trinajstić information content (AvgIpc) is 3.22. The molecular formula is C18H16N2O5S. The normalized spacial score (nSPS) is 15.5. The number of imide groups is 1. The molecule has 8 heteroatoms. The van der Waals surface area contributed by atoms with E-state index < -0.39 is 17.9 Å². The minimum Gasteiger partial charge on any atom is -0.463 e. The van der Waals surface area contributed by atoms with Crippen LogP contribution in [0.15, 0.2) is 51.4 Å². The van der Waals surface area contributed by atoms with E-state index >= 15 is 0 Å². The molecule has 1 saturated heterocycles. The molecule has 3 amide bonds. The van der Waals surface area contributed by atoms with E-state index in [2.05, 4.69) is 10.1 Å². The summed E-state index contributed by atoms with van der Waals surface area (Å²) in [7, 11) is 1.24. The maximum Gasteiger partial charge on any atom is 0.373 e. The van der Waals surface area contributed by atoms with Gasteiger partial charge in [0.2, 0.25) is 5.76 Å². The lowest BCUT2D eigenvalue weighted by Gasteiger charge is -2.09. The molecule has 0 atom stereocenters. The number of nitrogens with one attached hydrogen (secondary N) is 1. The highest BCUT2D eigenvalue weighted by atomic mass is 32.2. The quantitative estimate of drug-likeness (QED) is 0.376. The van der Waals surface area contributed by atoms with Gasteiger partial charge in [-0.3, -0.25) is 9.69 Å². The van der Waals surface area contributed by atoms with Gasteiger partial charge in [0, 0.05) is 4.90 Å². The molecule has 1 aliphatic heterocycles. The Labute approximate surface area is 154 Å². The minimum atomic E-state index is -0.622. The molecule has 0 bridgehead atoms. The van der Waals surface area contributed by atoms with E-state index in [0.29, 0.717) is 5.76 Å². The number of amides is 3. The fourth-order valence-electron chi connectivity index (χ4n) is 2.41. The Kier molecular flexibility index (Phi) is 5.13. The zero-order valence-corrected chi connectivity index (χ0v) is 15.0. The van der Waals surface area contributed by atoms with Crippen LogP contribution in [0.25, 0.3) is 6.08 Å². The van der Waals surface area contributed by atoms with Crippen molar-refractivity contribution in [3.8, 4) is 0 Å². The largest absolute Gasteiger partial charge is 0.463 e. The summed E-state index contributed by atoms with van der Waals surface area (Å²) in [5, 5.41) is 2.55. The van der Waals surface area contributed by atoms with Crippen molar-refractivity contribution >= 4 is 35.7 Å². The first-order valence-electron chi connectivity index (χ1n) is 7.67. The Morgan fingerprint density at radius 1 is 1.23 bits per heavy atom. The predicted octanol–water partition coefficient (Wildman–Crippen LogP) is 2.88. The highest BCUT2D eigenvalue weighted by Gasteiger charge is 2.34. The van der Waals surface area contributed by atoms with Crippen LogP contribution in [0.1, 0.15) is 21.9 Å². The van der Waals surface area contributed by atoms with Crippen LogP contribution in [-0.2, 0) is 16.1 Å². The van der Waals surface area contributed by atoms with E-state index in [4.69, 9.17) is 4.42 Å². The standard InChI is InChI=1S/C18H16N2O5S/c1-24-17(22)15-8-5-12(25-15)10-20-16(21)14(19-18(20)23)9-11-3-6-13(26-2)7-4-11/h3-9H,10H2,1-2H3,(H,19,23)/b14-9-. The predicted molar refractivity (Wildman–Crippen MR) is 95.3 cm³/mol. The van der Waals surface area contributed by atoms with Crippen LogP contribution in [-0.4, -0.2) is 36.2 Å². The SMILES string of the molecule is COC(=O)c1ccc(CN2C(=O)N/C(=C\c3ccc(SC)cc3)C2=O)o1. The number of carbonyl (C=O) groups is 3. The fraction of sp³-hybridized carbons (Fsp3) is 0.167. The second kappa shape index (κ2) is 7.49. The van der Waals surface area contributed by atoms with Crippen LogP contribution in [0.3, 0.4) is 0 Å². The number of benzene rings is 1. The summed E-state index contributed by atoms with van der Waals surface area (Å²) >= 11 is 1.62. The molecule has 7 nitrogen and oxygen atoms in total. The first-order valence-corrected chi connectivity index (χ1v) is 8.90. The first-order chi connectivity index (χ1) is 12.5. The molecule has 1 aromatic carbocycles. The van der Waals surface area contributed by atoms with Gasteiger partial charge in [-0.1, -0.05) is 12.1 Å². The van der Waals surface area contributed by atoms with Gasteiger partial charge in [0.25, 0.3) is 5.91 Å². The van der Waals surface area contributed by atoms with Crippen molar-refractivity contribution in [3.63, 3.8) is 0 Å². The number of carbonyl (C=O) groups excluding carboxylic acids is 3. The Hall–Kier alpha value is -3.00. The van der Waals surface area contributed by atoms with Gasteiger partial charge in [-0.05, 0) is 42.2 Å². The summed E-state index contributed by atoms with van der Waals surface area (Å²) in [6.07, 6.45) is 3.60. The third kappa shape index (κ3) is 3.65. The lowest BCUT2D eigenvalue weighted by atomic mass is 10.2. The molecule has 0 aliphatic carbocycles. The molecule has 1 aromatic heterocycles. The second-order valence-corrected chi connectivity index (χ2v) is 6.29. The molecule has 1 fully saturated rings. The first kappa shape index (κ1) is 17.8. The smallest absolute Gasteiger partial charge is 0.373 e. The molecule has 1 aliphatic rings. The van der Waals surface area contributed by atoms with Crippen molar-refractivity contribution in [3.05, 3.63) is 59.2 Å². The summed E-state index contributed by atoms with van der Waals surface area (Å²) in [5.41, 5.74) is 0.992. The van der Waals surface area contributed by atoms with Crippen molar-refractivity contribution in [1.82, 2.24) is 10.2 Å². The summed E-state index contributed by atoms with van der Waals surface area (Å²) < 4.78 is 9.86. The maximum atomic E-state index is 12.5. The average molecular weight is 372 g/mol. The van der Waals surface area contributed by atoms with Crippen LogP contribution < -0.4 is 5.32 Å². The van der Waals surface area contributed by atoms with Crippen molar-refractivity contribution in [2.24, 2.45) is 0 Å². The van der Waals surface area contributed by atoms with Crippen molar-refractivity contribution in [1.29, 1.82) is 0 Å². The van der Waals surface area contributed by atoms with E-state index in [1.807, 2.05) is 30.5 Å². The van der Waals surface area contributed by atoms with E-state index in [1.54, 1.807) is 17.8 Å². The molecule has 0 unspecified atom stereocenters. The van der Waals surface area contributed by atoms with Gasteiger partial charge in [-0.2, -0.15) is 0 Å². The van der Waals surface area contributed by atoms with Gasteiger partial charge < -0.3 is 14.5 Å². The van der Waals surface area contributed by atoms with E-state index in [-0.39, 0.29) is 18.0 Å². The molecule has 0 saturated carbocycles. The molecule has 1 N–H and O–H groups in total. The molecule has 26 heavy (non-hydrogen) atoms.